The minimum Gasteiger partial charge on any atom is -0.487 e. The number of ether oxygens (including phenoxy) is 3. The minimum absolute atomic E-state index is 0.0531. The third-order valence-electron chi connectivity index (χ3n) is 4.87. The van der Waals surface area contributed by atoms with Crippen LogP contribution in [0.2, 0.25) is 0 Å². The number of piperidine rings is 1. The Balaban J connectivity index is 1.39. The second-order valence-corrected chi connectivity index (χ2v) is 7.61. The van der Waals surface area contributed by atoms with Crippen molar-refractivity contribution in [3.8, 4) is 0 Å². The van der Waals surface area contributed by atoms with Gasteiger partial charge in [0.1, 0.15) is 0 Å². The molecule has 2 saturated heterocycles. The summed E-state index contributed by atoms with van der Waals surface area (Å²) in [6, 6.07) is 6.99. The van der Waals surface area contributed by atoms with Crippen molar-refractivity contribution in [2.24, 2.45) is 0 Å². The Morgan fingerprint density at radius 2 is 1.89 bits per heavy atom. The smallest absolute Gasteiger partial charge is 0.291 e. The van der Waals surface area contributed by atoms with E-state index in [9.17, 15) is 9.59 Å². The fraction of sp³-hybridized carbons (Fsp3) is 0.474. The number of carbonyl (C=O) groups excluding carboxylic acids is 2. The Morgan fingerprint density at radius 3 is 2.59 bits per heavy atom. The number of benzene rings is 1. The van der Waals surface area contributed by atoms with Crippen LogP contribution in [0.15, 0.2) is 35.4 Å². The number of anilines is 1. The van der Waals surface area contributed by atoms with Crippen molar-refractivity contribution in [2.75, 3.05) is 44.0 Å². The summed E-state index contributed by atoms with van der Waals surface area (Å²) in [4.78, 5) is 26.9. The molecule has 8 heteroatoms. The molecular weight excluding hydrogens is 368 g/mol. The van der Waals surface area contributed by atoms with Crippen LogP contribution in [0.25, 0.3) is 0 Å². The van der Waals surface area contributed by atoms with Crippen molar-refractivity contribution in [2.45, 2.75) is 18.6 Å². The summed E-state index contributed by atoms with van der Waals surface area (Å²) in [5, 5.41) is 4.51. The first kappa shape index (κ1) is 18.3. The molecule has 0 unspecified atom stereocenters. The van der Waals surface area contributed by atoms with Crippen LogP contribution in [0.1, 0.15) is 23.2 Å². The third-order valence-corrected chi connectivity index (χ3v) is 5.65. The molecule has 3 heterocycles. The zero-order valence-electron chi connectivity index (χ0n) is 14.9. The van der Waals surface area contributed by atoms with E-state index in [2.05, 4.69) is 5.32 Å². The second kappa shape index (κ2) is 7.92. The number of rotatable bonds is 3. The molecule has 3 aliphatic rings. The molecule has 1 spiro atoms. The molecule has 1 aromatic carbocycles. The van der Waals surface area contributed by atoms with Gasteiger partial charge in [-0.2, -0.15) is 0 Å². The van der Waals surface area contributed by atoms with Gasteiger partial charge in [-0.15, -0.1) is 11.8 Å². The van der Waals surface area contributed by atoms with Gasteiger partial charge in [-0.3, -0.25) is 9.59 Å². The maximum absolute atomic E-state index is 12.8. The molecular formula is C19H22N2O5S. The van der Waals surface area contributed by atoms with E-state index in [0.717, 1.165) is 5.75 Å². The van der Waals surface area contributed by atoms with Gasteiger partial charge in [-0.05, 0) is 18.2 Å². The molecule has 0 saturated carbocycles. The Hall–Kier alpha value is -2.03. The van der Waals surface area contributed by atoms with Crippen LogP contribution in [0.5, 0.6) is 0 Å². The number of hydrogen-bond donors (Lipinski definition) is 1. The molecule has 0 aromatic heterocycles. The van der Waals surface area contributed by atoms with Gasteiger partial charge in [-0.25, -0.2) is 0 Å². The van der Waals surface area contributed by atoms with Gasteiger partial charge in [0, 0.05) is 48.3 Å². The summed E-state index contributed by atoms with van der Waals surface area (Å²) in [7, 11) is 0. The van der Waals surface area contributed by atoms with Gasteiger partial charge >= 0.3 is 0 Å². The van der Waals surface area contributed by atoms with Gasteiger partial charge in [0.25, 0.3) is 11.8 Å². The Bertz CT molecular complexity index is 750. The molecule has 2 amide bonds. The Labute approximate surface area is 162 Å². The predicted octanol–water partition coefficient (Wildman–Crippen LogP) is 2.21. The Kier molecular flexibility index (Phi) is 5.38. The zero-order valence-corrected chi connectivity index (χ0v) is 15.8. The van der Waals surface area contributed by atoms with Crippen LogP contribution in [-0.4, -0.2) is 61.2 Å². The molecule has 1 N–H and O–H groups in total. The largest absolute Gasteiger partial charge is 0.487 e. The number of thioether (sulfide) groups is 1. The van der Waals surface area contributed by atoms with E-state index in [4.69, 9.17) is 14.2 Å². The number of nitrogens with one attached hydrogen (secondary N) is 1. The molecule has 27 heavy (non-hydrogen) atoms. The van der Waals surface area contributed by atoms with Crippen molar-refractivity contribution in [1.82, 2.24) is 4.90 Å². The van der Waals surface area contributed by atoms with Crippen LogP contribution < -0.4 is 5.32 Å². The molecule has 4 rings (SSSR count). The minimum atomic E-state index is -0.502. The Morgan fingerprint density at radius 1 is 1.11 bits per heavy atom. The van der Waals surface area contributed by atoms with E-state index < -0.39 is 5.79 Å². The molecule has 0 radical (unpaired) electrons. The van der Waals surface area contributed by atoms with Gasteiger partial charge in [-0.1, -0.05) is 6.07 Å². The highest BCUT2D eigenvalue weighted by Gasteiger charge is 2.40. The van der Waals surface area contributed by atoms with Gasteiger partial charge in [0.15, 0.2) is 11.5 Å². The highest BCUT2D eigenvalue weighted by molar-refractivity contribution is 8.02. The molecule has 0 bridgehead atoms. The van der Waals surface area contributed by atoms with Gasteiger partial charge in [0.05, 0.1) is 19.8 Å². The zero-order chi connectivity index (χ0) is 18.7. The standard InChI is InChI=1S/C19H22N2O5S/c22-17(16-13-27-11-10-24-16)20-15-3-1-2-14(12-15)18(23)21-6-4-19(5-7-21)25-8-9-26-19/h1-3,12-13H,4-11H2,(H,20,22). The molecule has 1 aromatic rings. The first-order valence-corrected chi connectivity index (χ1v) is 10.1. The second-order valence-electron chi connectivity index (χ2n) is 6.64. The summed E-state index contributed by atoms with van der Waals surface area (Å²) in [5.74, 6) is 0.289. The van der Waals surface area contributed by atoms with E-state index in [1.165, 1.54) is 0 Å². The van der Waals surface area contributed by atoms with E-state index in [-0.39, 0.29) is 11.8 Å². The SMILES string of the molecule is O=C(Nc1cccc(C(=O)N2CCC3(CC2)OCCO3)c1)C1=CSCCO1. The number of likely N-dealkylation sites (tertiary alicyclic amines) is 1. The molecule has 7 nitrogen and oxygen atoms in total. The summed E-state index contributed by atoms with van der Waals surface area (Å²) >= 11 is 1.55. The molecule has 0 atom stereocenters. The summed E-state index contributed by atoms with van der Waals surface area (Å²) in [6.45, 7) is 2.94. The molecule has 3 aliphatic heterocycles. The molecule has 2 fully saturated rings. The van der Waals surface area contributed by atoms with Crippen molar-refractivity contribution < 1.29 is 23.8 Å². The monoisotopic (exact) mass is 390 g/mol. The lowest BCUT2D eigenvalue weighted by molar-refractivity contribution is -0.181. The number of nitrogens with zero attached hydrogens (tertiary/aromatic N) is 1. The summed E-state index contributed by atoms with van der Waals surface area (Å²) < 4.78 is 16.8. The van der Waals surface area contributed by atoms with Crippen molar-refractivity contribution in [3.63, 3.8) is 0 Å². The normalized spacial score (nSPS) is 21.5. The first-order chi connectivity index (χ1) is 13.2. The average molecular weight is 390 g/mol. The lowest BCUT2D eigenvalue weighted by Crippen LogP contribution is -2.47. The van der Waals surface area contributed by atoms with E-state index >= 15 is 0 Å². The lowest BCUT2D eigenvalue weighted by atomic mass is 10.0. The first-order valence-electron chi connectivity index (χ1n) is 9.08. The summed E-state index contributed by atoms with van der Waals surface area (Å²) in [5.41, 5.74) is 1.12. The van der Waals surface area contributed by atoms with Crippen molar-refractivity contribution in [1.29, 1.82) is 0 Å². The molecule has 144 valence electrons. The number of hydrogen-bond acceptors (Lipinski definition) is 6. The fourth-order valence-electron chi connectivity index (χ4n) is 3.43. The van der Waals surface area contributed by atoms with Crippen molar-refractivity contribution >= 4 is 29.3 Å². The van der Waals surface area contributed by atoms with E-state index in [1.807, 2.05) is 0 Å². The van der Waals surface area contributed by atoms with Gasteiger partial charge in [0.2, 0.25) is 0 Å². The van der Waals surface area contributed by atoms with Crippen LogP contribution in [0.3, 0.4) is 0 Å². The summed E-state index contributed by atoms with van der Waals surface area (Å²) in [6.07, 6.45) is 1.36. The van der Waals surface area contributed by atoms with Crippen LogP contribution in [0, 0.1) is 0 Å². The molecule has 0 aliphatic carbocycles. The third kappa shape index (κ3) is 4.12. The highest BCUT2D eigenvalue weighted by atomic mass is 32.2. The van der Waals surface area contributed by atoms with Gasteiger partial charge < -0.3 is 24.4 Å². The fourth-order valence-corrected chi connectivity index (χ4v) is 4.05. The lowest BCUT2D eigenvalue weighted by Gasteiger charge is -2.37. The number of amides is 2. The van der Waals surface area contributed by atoms with E-state index in [0.29, 0.717) is 62.8 Å². The van der Waals surface area contributed by atoms with Crippen molar-refractivity contribution in [3.05, 3.63) is 41.0 Å². The van der Waals surface area contributed by atoms with E-state index in [1.54, 1.807) is 46.3 Å². The maximum Gasteiger partial charge on any atom is 0.291 e. The average Bonchev–Trinajstić information content (AvgIpc) is 3.17. The number of carbonyl (C=O) groups is 2. The van der Waals surface area contributed by atoms with Crippen LogP contribution >= 0.6 is 11.8 Å². The van der Waals surface area contributed by atoms with Crippen LogP contribution in [-0.2, 0) is 19.0 Å². The van der Waals surface area contributed by atoms with Crippen LogP contribution in [0.4, 0.5) is 5.69 Å². The predicted molar refractivity (Wildman–Crippen MR) is 101 cm³/mol. The maximum atomic E-state index is 12.8. The quantitative estimate of drug-likeness (QED) is 0.853. The topological polar surface area (TPSA) is 77.1 Å². The highest BCUT2D eigenvalue weighted by Crippen LogP contribution is 2.31.